The van der Waals surface area contributed by atoms with Crippen LogP contribution in [0.3, 0.4) is 0 Å². The van der Waals surface area contributed by atoms with Crippen molar-refractivity contribution in [2.45, 2.75) is 38.4 Å². The maximum Gasteiger partial charge on any atom is 0.210 e. The molecule has 1 atom stereocenters. The van der Waals surface area contributed by atoms with Crippen LogP contribution in [-0.4, -0.2) is 12.4 Å². The molecule has 0 amide bonds. The Morgan fingerprint density at radius 1 is 1.18 bits per heavy atom. The van der Waals surface area contributed by atoms with Crippen molar-refractivity contribution >= 4 is 6.08 Å². The van der Waals surface area contributed by atoms with Gasteiger partial charge in [0.15, 0.2) is 0 Å². The van der Waals surface area contributed by atoms with Gasteiger partial charge in [-0.15, -0.1) is 0 Å². The molecule has 2 nitrogen and oxygen atoms in total. The van der Waals surface area contributed by atoms with E-state index in [1.807, 2.05) is 0 Å². The predicted octanol–water partition coefficient (Wildman–Crippen LogP) is 3.65. The van der Waals surface area contributed by atoms with Crippen LogP contribution in [0.2, 0.25) is 0 Å². The summed E-state index contributed by atoms with van der Waals surface area (Å²) in [5.74, 6) is 0.784. The Bertz CT molecular complexity index is 425. The summed E-state index contributed by atoms with van der Waals surface area (Å²) < 4.78 is 11.7. The number of allylic oxidation sites excluding steroid dienone is 1. The molecule has 2 fully saturated rings. The molecule has 90 valence electrons. The summed E-state index contributed by atoms with van der Waals surface area (Å²) in [7, 11) is 0. The van der Waals surface area contributed by atoms with Gasteiger partial charge in [0.1, 0.15) is 5.76 Å². The molecule has 2 aliphatic heterocycles. The van der Waals surface area contributed by atoms with Gasteiger partial charge >= 0.3 is 0 Å². The number of hydrogen-bond acceptors (Lipinski definition) is 2. The van der Waals surface area contributed by atoms with Gasteiger partial charge in [0, 0.05) is 19.3 Å². The lowest BCUT2D eigenvalue weighted by Gasteiger charge is -2.21. The minimum Gasteiger partial charge on any atom is -0.467 e. The van der Waals surface area contributed by atoms with E-state index in [2.05, 4.69) is 37.3 Å². The van der Waals surface area contributed by atoms with Crippen molar-refractivity contribution in [3.63, 3.8) is 0 Å². The van der Waals surface area contributed by atoms with Crippen LogP contribution in [-0.2, 0) is 9.47 Å². The third-order valence-electron chi connectivity index (χ3n) is 3.54. The quantitative estimate of drug-likeness (QED) is 0.733. The minimum absolute atomic E-state index is 0.281. The molecular formula is C15H18O2. The molecule has 2 heteroatoms. The van der Waals surface area contributed by atoms with E-state index < -0.39 is 0 Å². The fourth-order valence-electron chi connectivity index (χ4n) is 2.55. The van der Waals surface area contributed by atoms with Gasteiger partial charge in [-0.2, -0.15) is 0 Å². The van der Waals surface area contributed by atoms with Crippen LogP contribution in [0.25, 0.3) is 6.08 Å². The van der Waals surface area contributed by atoms with Gasteiger partial charge in [0.05, 0.1) is 6.61 Å². The summed E-state index contributed by atoms with van der Waals surface area (Å²) in [5.41, 5.74) is 2.50. The Kier molecular flexibility index (Phi) is 2.67. The molecule has 0 saturated carbocycles. The maximum atomic E-state index is 5.98. The van der Waals surface area contributed by atoms with Crippen molar-refractivity contribution in [2.24, 2.45) is 0 Å². The van der Waals surface area contributed by atoms with Gasteiger partial charge in [-0.3, -0.25) is 0 Å². The molecule has 0 bridgehead atoms. The maximum absolute atomic E-state index is 5.98. The standard InChI is InChI=1S/C15H18O2/c1-12-3-5-13(6-4-12)11-14-7-9-15(17-14)8-2-10-16-15/h3-6,11H,2,7-10H2,1H3. The molecule has 3 rings (SSSR count). The van der Waals surface area contributed by atoms with E-state index in [9.17, 15) is 0 Å². The fourth-order valence-corrected chi connectivity index (χ4v) is 2.55. The van der Waals surface area contributed by atoms with Gasteiger partial charge < -0.3 is 9.47 Å². The lowest BCUT2D eigenvalue weighted by atomic mass is 10.1. The summed E-state index contributed by atoms with van der Waals surface area (Å²) in [6, 6.07) is 8.52. The van der Waals surface area contributed by atoms with Crippen molar-refractivity contribution in [1.29, 1.82) is 0 Å². The molecule has 1 spiro atoms. The van der Waals surface area contributed by atoms with E-state index in [-0.39, 0.29) is 5.79 Å². The first-order valence-corrected chi connectivity index (χ1v) is 6.36. The van der Waals surface area contributed by atoms with Crippen molar-refractivity contribution in [2.75, 3.05) is 6.61 Å². The molecule has 0 aromatic heterocycles. The molecular weight excluding hydrogens is 212 g/mol. The summed E-state index contributed by atoms with van der Waals surface area (Å²) in [4.78, 5) is 0. The zero-order chi connectivity index (χ0) is 11.7. The van der Waals surface area contributed by atoms with E-state index in [0.29, 0.717) is 0 Å². The van der Waals surface area contributed by atoms with Crippen LogP contribution in [0, 0.1) is 6.92 Å². The zero-order valence-corrected chi connectivity index (χ0v) is 10.2. The van der Waals surface area contributed by atoms with Gasteiger partial charge in [-0.1, -0.05) is 29.8 Å². The minimum atomic E-state index is -0.281. The molecule has 2 heterocycles. The Balaban J connectivity index is 1.75. The van der Waals surface area contributed by atoms with E-state index >= 15 is 0 Å². The third-order valence-corrected chi connectivity index (χ3v) is 3.54. The Hall–Kier alpha value is -1.28. The highest BCUT2D eigenvalue weighted by Crippen LogP contribution is 2.41. The van der Waals surface area contributed by atoms with Gasteiger partial charge in [-0.25, -0.2) is 0 Å². The summed E-state index contributed by atoms with van der Waals surface area (Å²) in [6.45, 7) is 2.95. The Morgan fingerprint density at radius 2 is 2.00 bits per heavy atom. The van der Waals surface area contributed by atoms with Gasteiger partial charge in [0.2, 0.25) is 5.79 Å². The van der Waals surface area contributed by atoms with Crippen LogP contribution in [0.5, 0.6) is 0 Å². The lowest BCUT2D eigenvalue weighted by Crippen LogP contribution is -2.24. The first-order chi connectivity index (χ1) is 8.26. The number of ether oxygens (including phenoxy) is 2. The van der Waals surface area contributed by atoms with Crippen molar-refractivity contribution in [1.82, 2.24) is 0 Å². The van der Waals surface area contributed by atoms with Crippen LogP contribution in [0.1, 0.15) is 36.8 Å². The fraction of sp³-hybridized carbons (Fsp3) is 0.467. The number of rotatable bonds is 1. The Morgan fingerprint density at radius 3 is 2.71 bits per heavy atom. The third kappa shape index (κ3) is 2.22. The number of aryl methyl sites for hydroxylation is 1. The topological polar surface area (TPSA) is 18.5 Å². The van der Waals surface area contributed by atoms with E-state index in [4.69, 9.17) is 9.47 Å². The first kappa shape index (κ1) is 10.8. The predicted molar refractivity (Wildman–Crippen MR) is 67.4 cm³/mol. The highest BCUT2D eigenvalue weighted by Gasteiger charge is 2.42. The van der Waals surface area contributed by atoms with E-state index in [1.165, 1.54) is 11.1 Å². The largest absolute Gasteiger partial charge is 0.467 e. The molecule has 2 aliphatic rings. The van der Waals surface area contributed by atoms with E-state index in [1.54, 1.807) is 0 Å². The normalized spacial score (nSPS) is 30.1. The monoisotopic (exact) mass is 230 g/mol. The van der Waals surface area contributed by atoms with Crippen LogP contribution in [0.4, 0.5) is 0 Å². The smallest absolute Gasteiger partial charge is 0.210 e. The first-order valence-electron chi connectivity index (χ1n) is 6.36. The zero-order valence-electron chi connectivity index (χ0n) is 10.2. The number of benzene rings is 1. The molecule has 0 radical (unpaired) electrons. The lowest BCUT2D eigenvalue weighted by molar-refractivity contribution is -0.161. The number of hydrogen-bond donors (Lipinski definition) is 0. The molecule has 0 aliphatic carbocycles. The second kappa shape index (κ2) is 4.19. The second-order valence-electron chi connectivity index (χ2n) is 4.99. The van der Waals surface area contributed by atoms with Gasteiger partial charge in [-0.05, 0) is 25.0 Å². The summed E-state index contributed by atoms with van der Waals surface area (Å²) >= 11 is 0. The molecule has 17 heavy (non-hydrogen) atoms. The molecule has 1 aromatic carbocycles. The molecule has 2 saturated heterocycles. The van der Waals surface area contributed by atoms with Gasteiger partial charge in [0.25, 0.3) is 0 Å². The van der Waals surface area contributed by atoms with Crippen molar-refractivity contribution < 1.29 is 9.47 Å². The van der Waals surface area contributed by atoms with Crippen molar-refractivity contribution in [3.8, 4) is 0 Å². The molecule has 1 unspecified atom stereocenters. The van der Waals surface area contributed by atoms with E-state index in [0.717, 1.165) is 38.0 Å². The average molecular weight is 230 g/mol. The average Bonchev–Trinajstić information content (AvgIpc) is 2.94. The van der Waals surface area contributed by atoms with Crippen LogP contribution in [0.15, 0.2) is 30.0 Å². The summed E-state index contributed by atoms with van der Waals surface area (Å²) in [6.07, 6.45) is 6.30. The molecule has 0 N–H and O–H groups in total. The second-order valence-corrected chi connectivity index (χ2v) is 4.99. The highest BCUT2D eigenvalue weighted by atomic mass is 16.7. The molecule has 1 aromatic rings. The van der Waals surface area contributed by atoms with Crippen LogP contribution >= 0.6 is 0 Å². The highest BCUT2D eigenvalue weighted by molar-refractivity contribution is 5.52. The summed E-state index contributed by atoms with van der Waals surface area (Å²) in [5, 5.41) is 0. The Labute approximate surface area is 102 Å². The van der Waals surface area contributed by atoms with Crippen LogP contribution < -0.4 is 0 Å². The SMILES string of the molecule is Cc1ccc(C=C2CCC3(CCCO3)O2)cc1. The van der Waals surface area contributed by atoms with Crippen molar-refractivity contribution in [3.05, 3.63) is 41.2 Å².